The average molecular weight is 309 g/mol. The number of carbonyl (C=O) groups is 2. The Bertz CT molecular complexity index is 749. The normalized spacial score (nSPS) is 11.0. The molecule has 0 N–H and O–H groups in total. The Hall–Kier alpha value is -2.34. The number of benzene rings is 1. The number of hydrogen-bond acceptors (Lipinski definition) is 5. The standard InChI is InChI=1S/C14H13ClN2O4/c1-17-7-9-11(16-17)6-10(15)8(4-5-12(18)20-2)13(9)14(19)21-3/h4-7H,1-3H3/b5-4+. The summed E-state index contributed by atoms with van der Waals surface area (Å²) >= 11 is 6.18. The van der Waals surface area contributed by atoms with Crippen LogP contribution in [0.15, 0.2) is 18.3 Å². The largest absolute Gasteiger partial charge is 0.466 e. The van der Waals surface area contributed by atoms with Crippen molar-refractivity contribution in [3.05, 3.63) is 34.5 Å². The van der Waals surface area contributed by atoms with Crippen LogP contribution in [0.3, 0.4) is 0 Å². The molecule has 6 nitrogen and oxygen atoms in total. The summed E-state index contributed by atoms with van der Waals surface area (Å²) in [6, 6.07) is 1.63. The van der Waals surface area contributed by atoms with Gasteiger partial charge in [0.15, 0.2) is 0 Å². The minimum Gasteiger partial charge on any atom is -0.466 e. The van der Waals surface area contributed by atoms with Gasteiger partial charge in [-0.25, -0.2) is 9.59 Å². The van der Waals surface area contributed by atoms with Gasteiger partial charge in [0.25, 0.3) is 0 Å². The van der Waals surface area contributed by atoms with Crippen LogP contribution in [0.4, 0.5) is 0 Å². The highest BCUT2D eigenvalue weighted by Gasteiger charge is 2.20. The second-order valence-corrected chi connectivity index (χ2v) is 4.64. The van der Waals surface area contributed by atoms with Crippen LogP contribution in [0.5, 0.6) is 0 Å². The third-order valence-electron chi connectivity index (χ3n) is 2.89. The van der Waals surface area contributed by atoms with Crippen LogP contribution in [-0.4, -0.2) is 35.9 Å². The van der Waals surface area contributed by atoms with Gasteiger partial charge in [0.2, 0.25) is 0 Å². The van der Waals surface area contributed by atoms with Crippen LogP contribution in [0.25, 0.3) is 17.0 Å². The number of methoxy groups -OCH3 is 2. The first-order valence-corrected chi connectivity index (χ1v) is 6.36. The Morgan fingerprint density at radius 1 is 1.33 bits per heavy atom. The predicted molar refractivity (Wildman–Crippen MR) is 78.1 cm³/mol. The number of aromatic nitrogens is 2. The van der Waals surface area contributed by atoms with Gasteiger partial charge in [0.05, 0.1) is 30.3 Å². The number of nitrogens with zero attached hydrogens (tertiary/aromatic N) is 2. The van der Waals surface area contributed by atoms with E-state index in [-0.39, 0.29) is 5.56 Å². The monoisotopic (exact) mass is 308 g/mol. The molecule has 0 unspecified atom stereocenters. The molecule has 1 aromatic heterocycles. The molecule has 0 aliphatic carbocycles. The van der Waals surface area contributed by atoms with Gasteiger partial charge < -0.3 is 9.47 Å². The molecular weight excluding hydrogens is 296 g/mol. The molecule has 7 heteroatoms. The van der Waals surface area contributed by atoms with E-state index in [0.717, 1.165) is 0 Å². The first-order valence-electron chi connectivity index (χ1n) is 5.98. The quantitative estimate of drug-likeness (QED) is 0.642. The molecule has 0 aliphatic rings. The van der Waals surface area contributed by atoms with Crippen molar-refractivity contribution in [2.45, 2.75) is 0 Å². The molecule has 1 aromatic carbocycles. The Balaban J connectivity index is 2.72. The lowest BCUT2D eigenvalue weighted by atomic mass is 10.0. The van der Waals surface area contributed by atoms with Crippen molar-refractivity contribution in [2.24, 2.45) is 7.05 Å². The summed E-state index contributed by atoms with van der Waals surface area (Å²) in [5.41, 5.74) is 1.21. The van der Waals surface area contributed by atoms with Gasteiger partial charge in [0, 0.05) is 30.3 Å². The van der Waals surface area contributed by atoms with E-state index in [4.69, 9.17) is 16.3 Å². The summed E-state index contributed by atoms with van der Waals surface area (Å²) in [6.07, 6.45) is 4.30. The molecule has 2 rings (SSSR count). The highest BCUT2D eigenvalue weighted by Crippen LogP contribution is 2.30. The number of ether oxygens (including phenoxy) is 2. The maximum Gasteiger partial charge on any atom is 0.339 e. The lowest BCUT2D eigenvalue weighted by Crippen LogP contribution is -2.05. The third-order valence-corrected chi connectivity index (χ3v) is 3.21. The van der Waals surface area contributed by atoms with Crippen molar-refractivity contribution < 1.29 is 19.1 Å². The molecule has 0 amide bonds. The average Bonchev–Trinajstić information content (AvgIpc) is 2.82. The molecule has 1 heterocycles. The molecule has 0 fully saturated rings. The SMILES string of the molecule is COC(=O)/C=C/c1c(Cl)cc2nn(C)cc2c1C(=O)OC. The number of esters is 2. The minimum atomic E-state index is -0.556. The second kappa shape index (κ2) is 5.97. The van der Waals surface area contributed by atoms with Gasteiger partial charge in [-0.15, -0.1) is 0 Å². The van der Waals surface area contributed by atoms with Crippen LogP contribution >= 0.6 is 11.6 Å². The van der Waals surface area contributed by atoms with Crippen LogP contribution in [0, 0.1) is 0 Å². The Labute approximate surface area is 125 Å². The Morgan fingerprint density at radius 3 is 2.67 bits per heavy atom. The summed E-state index contributed by atoms with van der Waals surface area (Å²) < 4.78 is 10.9. The maximum absolute atomic E-state index is 12.1. The molecular formula is C14H13ClN2O4. The molecule has 0 radical (unpaired) electrons. The summed E-state index contributed by atoms with van der Waals surface area (Å²) in [5.74, 6) is -1.10. The number of carbonyl (C=O) groups excluding carboxylic acids is 2. The zero-order valence-electron chi connectivity index (χ0n) is 11.7. The van der Waals surface area contributed by atoms with Gasteiger partial charge in [-0.1, -0.05) is 11.6 Å². The summed E-state index contributed by atoms with van der Waals surface area (Å²) in [7, 11) is 4.28. The van der Waals surface area contributed by atoms with E-state index < -0.39 is 11.9 Å². The first kappa shape index (κ1) is 15.1. The van der Waals surface area contributed by atoms with Crippen molar-refractivity contribution in [1.82, 2.24) is 9.78 Å². The molecule has 0 spiro atoms. The zero-order valence-corrected chi connectivity index (χ0v) is 12.5. The van der Waals surface area contributed by atoms with Crippen LogP contribution in [0.2, 0.25) is 5.02 Å². The first-order chi connectivity index (χ1) is 9.97. The fourth-order valence-electron chi connectivity index (χ4n) is 1.97. The van der Waals surface area contributed by atoms with Crippen LogP contribution < -0.4 is 0 Å². The summed E-state index contributed by atoms with van der Waals surface area (Å²) in [6.45, 7) is 0. The number of halogens is 1. The number of hydrogen-bond donors (Lipinski definition) is 0. The van der Waals surface area contributed by atoms with Gasteiger partial charge in [-0.3, -0.25) is 4.68 Å². The van der Waals surface area contributed by atoms with Gasteiger partial charge in [-0.2, -0.15) is 5.10 Å². The summed E-state index contributed by atoms with van der Waals surface area (Å²) in [5, 5.41) is 5.10. The smallest absolute Gasteiger partial charge is 0.339 e. The molecule has 0 saturated carbocycles. The van der Waals surface area contributed by atoms with Gasteiger partial charge >= 0.3 is 11.9 Å². The topological polar surface area (TPSA) is 70.4 Å². The van der Waals surface area contributed by atoms with Crippen LogP contribution in [0.1, 0.15) is 15.9 Å². The molecule has 0 bridgehead atoms. The van der Waals surface area contributed by atoms with E-state index in [9.17, 15) is 9.59 Å². The van der Waals surface area contributed by atoms with Gasteiger partial charge in [0.1, 0.15) is 0 Å². The molecule has 0 aliphatic heterocycles. The lowest BCUT2D eigenvalue weighted by Gasteiger charge is -2.07. The minimum absolute atomic E-state index is 0.258. The van der Waals surface area contributed by atoms with E-state index in [1.807, 2.05) is 0 Å². The molecule has 110 valence electrons. The van der Waals surface area contributed by atoms with E-state index >= 15 is 0 Å². The molecule has 0 saturated heterocycles. The van der Waals surface area contributed by atoms with Gasteiger partial charge in [-0.05, 0) is 12.1 Å². The molecule has 0 atom stereocenters. The third kappa shape index (κ3) is 2.90. The second-order valence-electron chi connectivity index (χ2n) is 4.23. The predicted octanol–water partition coefficient (Wildman–Crippen LogP) is 2.20. The van der Waals surface area contributed by atoms with Crippen molar-refractivity contribution in [1.29, 1.82) is 0 Å². The maximum atomic E-state index is 12.1. The Morgan fingerprint density at radius 2 is 2.05 bits per heavy atom. The van der Waals surface area contributed by atoms with Crippen molar-refractivity contribution >= 4 is 40.5 Å². The van der Waals surface area contributed by atoms with E-state index in [0.29, 0.717) is 21.5 Å². The van der Waals surface area contributed by atoms with Crippen molar-refractivity contribution in [2.75, 3.05) is 14.2 Å². The van der Waals surface area contributed by atoms with E-state index in [2.05, 4.69) is 9.84 Å². The fraction of sp³-hybridized carbons (Fsp3) is 0.214. The van der Waals surface area contributed by atoms with Crippen molar-refractivity contribution in [3.63, 3.8) is 0 Å². The fourth-order valence-corrected chi connectivity index (χ4v) is 2.23. The highest BCUT2D eigenvalue weighted by atomic mass is 35.5. The number of rotatable bonds is 3. The number of fused-ring (bicyclic) bond motifs is 1. The highest BCUT2D eigenvalue weighted by molar-refractivity contribution is 6.34. The van der Waals surface area contributed by atoms with Crippen molar-refractivity contribution in [3.8, 4) is 0 Å². The molecule has 2 aromatic rings. The van der Waals surface area contributed by atoms with E-state index in [1.54, 1.807) is 24.0 Å². The molecule has 21 heavy (non-hydrogen) atoms. The van der Waals surface area contributed by atoms with E-state index in [1.165, 1.54) is 26.4 Å². The lowest BCUT2D eigenvalue weighted by molar-refractivity contribution is -0.134. The Kier molecular flexibility index (Phi) is 4.28. The summed E-state index contributed by atoms with van der Waals surface area (Å²) in [4.78, 5) is 23.3. The number of aryl methyl sites for hydroxylation is 1. The zero-order chi connectivity index (χ0) is 15.6. The van der Waals surface area contributed by atoms with Crippen LogP contribution in [-0.2, 0) is 21.3 Å².